The van der Waals surface area contributed by atoms with Crippen LogP contribution in [0.3, 0.4) is 0 Å². The number of piperazine rings is 1. The standard InChI is InChI=1S/C23H29F3N2/c1-17(2)16-27-10-12-28(13-11-27)22-9-8-21(23(24,25)26)15-20(22)14-19-6-4-18(3)5-7-19/h4-9,15,17H,10-14,16H2,1-3H3. The van der Waals surface area contributed by atoms with Gasteiger partial charge in [0.1, 0.15) is 0 Å². The van der Waals surface area contributed by atoms with Gasteiger partial charge >= 0.3 is 6.18 Å². The fraction of sp³-hybridized carbons (Fsp3) is 0.478. The predicted molar refractivity (Wildman–Crippen MR) is 109 cm³/mol. The maximum atomic E-state index is 13.3. The van der Waals surface area contributed by atoms with Crippen LogP contribution in [0.4, 0.5) is 18.9 Å². The molecule has 1 heterocycles. The summed E-state index contributed by atoms with van der Waals surface area (Å²) in [6.07, 6.45) is -3.82. The second-order valence-corrected chi connectivity index (χ2v) is 8.19. The zero-order valence-corrected chi connectivity index (χ0v) is 16.9. The maximum Gasteiger partial charge on any atom is 0.416 e. The highest BCUT2D eigenvalue weighted by Gasteiger charge is 2.31. The summed E-state index contributed by atoms with van der Waals surface area (Å²) in [5, 5.41) is 0. The average molecular weight is 390 g/mol. The average Bonchev–Trinajstić information content (AvgIpc) is 2.63. The first-order valence-corrected chi connectivity index (χ1v) is 9.95. The van der Waals surface area contributed by atoms with Crippen LogP contribution < -0.4 is 4.90 Å². The predicted octanol–water partition coefficient (Wildman–Crippen LogP) is 5.38. The summed E-state index contributed by atoms with van der Waals surface area (Å²) in [6.45, 7) is 11.1. The number of hydrogen-bond donors (Lipinski definition) is 0. The monoisotopic (exact) mass is 390 g/mol. The molecule has 0 amide bonds. The molecule has 0 N–H and O–H groups in total. The number of rotatable bonds is 5. The second kappa shape index (κ2) is 8.56. The van der Waals surface area contributed by atoms with Gasteiger partial charge in [-0.2, -0.15) is 13.2 Å². The van der Waals surface area contributed by atoms with Crippen LogP contribution >= 0.6 is 0 Å². The topological polar surface area (TPSA) is 6.48 Å². The molecule has 3 rings (SSSR count). The zero-order chi connectivity index (χ0) is 20.3. The summed E-state index contributed by atoms with van der Waals surface area (Å²) in [6, 6.07) is 12.2. The van der Waals surface area contributed by atoms with Crippen LogP contribution in [0.2, 0.25) is 0 Å². The van der Waals surface area contributed by atoms with Gasteiger partial charge in [-0.1, -0.05) is 43.7 Å². The Kier molecular flexibility index (Phi) is 6.33. The lowest BCUT2D eigenvalue weighted by atomic mass is 9.98. The number of nitrogens with zero attached hydrogens (tertiary/aromatic N) is 2. The van der Waals surface area contributed by atoms with Gasteiger partial charge in [0.2, 0.25) is 0 Å². The third-order valence-electron chi connectivity index (χ3n) is 5.26. The molecule has 1 aliphatic heterocycles. The van der Waals surface area contributed by atoms with Gasteiger partial charge < -0.3 is 4.90 Å². The van der Waals surface area contributed by atoms with Gasteiger partial charge in [-0.15, -0.1) is 0 Å². The van der Waals surface area contributed by atoms with Crippen molar-refractivity contribution >= 4 is 5.69 Å². The van der Waals surface area contributed by atoms with Gasteiger partial charge in [-0.3, -0.25) is 4.90 Å². The summed E-state index contributed by atoms with van der Waals surface area (Å²) in [4.78, 5) is 4.67. The molecule has 0 bridgehead atoms. The first-order chi connectivity index (χ1) is 13.2. The van der Waals surface area contributed by atoms with Crippen molar-refractivity contribution < 1.29 is 13.2 Å². The fourth-order valence-corrected chi connectivity index (χ4v) is 3.83. The largest absolute Gasteiger partial charge is 0.416 e. The van der Waals surface area contributed by atoms with Crippen LogP contribution in [0.25, 0.3) is 0 Å². The molecule has 1 fully saturated rings. The number of halogens is 3. The summed E-state index contributed by atoms with van der Waals surface area (Å²) < 4.78 is 39.9. The SMILES string of the molecule is Cc1ccc(Cc2cc(C(F)(F)F)ccc2N2CCN(CC(C)C)CC2)cc1. The molecule has 0 atom stereocenters. The Balaban J connectivity index is 1.84. The van der Waals surface area contributed by atoms with E-state index < -0.39 is 11.7 Å². The second-order valence-electron chi connectivity index (χ2n) is 8.19. The molecule has 0 unspecified atom stereocenters. The van der Waals surface area contributed by atoms with E-state index in [9.17, 15) is 13.2 Å². The molecule has 28 heavy (non-hydrogen) atoms. The summed E-state index contributed by atoms with van der Waals surface area (Å²) in [5.41, 5.74) is 3.28. The molecule has 0 aromatic heterocycles. The first kappa shape index (κ1) is 20.7. The highest BCUT2D eigenvalue weighted by atomic mass is 19.4. The van der Waals surface area contributed by atoms with Crippen LogP contribution in [0.1, 0.15) is 36.1 Å². The van der Waals surface area contributed by atoms with Gasteiger partial charge in [0, 0.05) is 38.4 Å². The van der Waals surface area contributed by atoms with E-state index in [0.29, 0.717) is 12.3 Å². The quantitative estimate of drug-likeness (QED) is 0.676. The lowest BCUT2D eigenvalue weighted by Crippen LogP contribution is -2.47. The minimum absolute atomic E-state index is 0.506. The molecule has 1 saturated heterocycles. The van der Waals surface area contributed by atoms with Crippen LogP contribution in [0.5, 0.6) is 0 Å². The number of anilines is 1. The Labute approximate surface area is 166 Å². The van der Waals surface area contributed by atoms with Gasteiger partial charge in [-0.25, -0.2) is 0 Å². The molecule has 2 aromatic rings. The van der Waals surface area contributed by atoms with Crippen molar-refractivity contribution in [3.63, 3.8) is 0 Å². The van der Waals surface area contributed by atoms with Crippen molar-refractivity contribution in [1.29, 1.82) is 0 Å². The molecule has 152 valence electrons. The number of aryl methyl sites for hydroxylation is 1. The highest BCUT2D eigenvalue weighted by Crippen LogP contribution is 2.34. The van der Waals surface area contributed by atoms with Crippen molar-refractivity contribution in [2.45, 2.75) is 33.4 Å². The Morgan fingerprint density at radius 2 is 1.57 bits per heavy atom. The minimum atomic E-state index is -4.32. The normalized spacial score (nSPS) is 16.0. The van der Waals surface area contributed by atoms with Crippen molar-refractivity contribution in [3.05, 3.63) is 64.7 Å². The molecular weight excluding hydrogens is 361 g/mol. The van der Waals surface area contributed by atoms with Gasteiger partial charge in [-0.05, 0) is 48.6 Å². The van der Waals surface area contributed by atoms with E-state index in [-0.39, 0.29) is 0 Å². The number of benzene rings is 2. The Morgan fingerprint density at radius 3 is 2.14 bits per heavy atom. The Hall–Kier alpha value is -2.01. The van der Waals surface area contributed by atoms with Crippen molar-refractivity contribution in [1.82, 2.24) is 4.90 Å². The minimum Gasteiger partial charge on any atom is -0.369 e. The molecule has 5 heteroatoms. The van der Waals surface area contributed by atoms with Crippen LogP contribution in [-0.2, 0) is 12.6 Å². The van der Waals surface area contributed by atoms with E-state index >= 15 is 0 Å². The van der Waals surface area contributed by atoms with E-state index in [1.807, 2.05) is 31.2 Å². The van der Waals surface area contributed by atoms with E-state index in [1.54, 1.807) is 6.07 Å². The van der Waals surface area contributed by atoms with Crippen LogP contribution in [-0.4, -0.2) is 37.6 Å². The molecule has 2 aromatic carbocycles. The molecule has 0 spiro atoms. The fourth-order valence-electron chi connectivity index (χ4n) is 3.83. The van der Waals surface area contributed by atoms with E-state index in [4.69, 9.17) is 0 Å². The maximum absolute atomic E-state index is 13.3. The molecule has 0 radical (unpaired) electrons. The van der Waals surface area contributed by atoms with Crippen molar-refractivity contribution in [2.24, 2.45) is 5.92 Å². The Morgan fingerprint density at radius 1 is 0.929 bits per heavy atom. The molecule has 2 nitrogen and oxygen atoms in total. The van der Waals surface area contributed by atoms with E-state index in [2.05, 4.69) is 23.6 Å². The number of hydrogen-bond acceptors (Lipinski definition) is 2. The van der Waals surface area contributed by atoms with Gasteiger partial charge in [0.05, 0.1) is 5.56 Å². The van der Waals surface area contributed by atoms with Crippen molar-refractivity contribution in [3.8, 4) is 0 Å². The molecular formula is C23H29F3N2. The molecule has 0 saturated carbocycles. The number of alkyl halides is 3. The summed E-state index contributed by atoms with van der Waals surface area (Å²) in [7, 11) is 0. The van der Waals surface area contributed by atoms with Crippen molar-refractivity contribution in [2.75, 3.05) is 37.6 Å². The van der Waals surface area contributed by atoms with Gasteiger partial charge in [0.25, 0.3) is 0 Å². The van der Waals surface area contributed by atoms with E-state index in [1.165, 1.54) is 12.1 Å². The summed E-state index contributed by atoms with van der Waals surface area (Å²) in [5.74, 6) is 0.620. The summed E-state index contributed by atoms with van der Waals surface area (Å²) >= 11 is 0. The zero-order valence-electron chi connectivity index (χ0n) is 16.9. The lowest BCUT2D eigenvalue weighted by Gasteiger charge is -2.38. The smallest absolute Gasteiger partial charge is 0.369 e. The lowest BCUT2D eigenvalue weighted by molar-refractivity contribution is -0.137. The van der Waals surface area contributed by atoms with Crippen LogP contribution in [0, 0.1) is 12.8 Å². The molecule has 1 aliphatic rings. The first-order valence-electron chi connectivity index (χ1n) is 9.95. The molecule has 0 aliphatic carbocycles. The third kappa shape index (κ3) is 5.28. The Bertz CT molecular complexity index is 773. The third-order valence-corrected chi connectivity index (χ3v) is 5.26. The highest BCUT2D eigenvalue weighted by molar-refractivity contribution is 5.57. The van der Waals surface area contributed by atoms with Gasteiger partial charge in [0.15, 0.2) is 0 Å². The van der Waals surface area contributed by atoms with E-state index in [0.717, 1.165) is 55.1 Å². The van der Waals surface area contributed by atoms with Crippen LogP contribution in [0.15, 0.2) is 42.5 Å².